The first-order valence-electron chi connectivity index (χ1n) is 7.00. The molecule has 8 heteroatoms. The number of nitrogens with zero attached hydrogens (tertiary/aromatic N) is 1. The largest absolute Gasteiger partial charge is 0.494 e. The van der Waals surface area contributed by atoms with Gasteiger partial charge in [-0.1, -0.05) is 23.7 Å². The Morgan fingerprint density at radius 3 is 2.54 bits per heavy atom. The number of rotatable bonds is 6. The highest BCUT2D eigenvalue weighted by atomic mass is 35.5. The third-order valence-corrected chi connectivity index (χ3v) is 4.42. The topological polar surface area (TPSA) is 85.4 Å². The van der Waals surface area contributed by atoms with E-state index in [0.29, 0.717) is 6.61 Å². The molecule has 0 fully saturated rings. The fraction of sp³-hybridized carbons (Fsp3) is 0.125. The van der Waals surface area contributed by atoms with Gasteiger partial charge in [-0.25, -0.2) is 18.1 Å². The molecule has 0 unspecified atom stereocenters. The maximum atomic E-state index is 12.0. The van der Waals surface area contributed by atoms with Crippen LogP contribution in [0.4, 0.5) is 0 Å². The average molecular weight is 367 g/mol. The van der Waals surface area contributed by atoms with Gasteiger partial charge in [0.2, 0.25) is 0 Å². The maximum Gasteiger partial charge on any atom is 0.265 e. The highest BCUT2D eigenvalue weighted by Gasteiger charge is 2.16. The number of hydrogen-bond donors (Lipinski definition) is 1. The van der Waals surface area contributed by atoms with E-state index in [1.165, 1.54) is 18.2 Å². The van der Waals surface area contributed by atoms with Crippen molar-refractivity contribution in [3.05, 3.63) is 59.4 Å². The zero-order valence-corrected chi connectivity index (χ0v) is 14.3. The third-order valence-electron chi connectivity index (χ3n) is 2.86. The maximum absolute atomic E-state index is 12.0. The highest BCUT2D eigenvalue weighted by molar-refractivity contribution is 7.90. The van der Waals surface area contributed by atoms with Crippen LogP contribution in [0.2, 0.25) is 5.15 Å². The molecule has 6 nitrogen and oxygen atoms in total. The second-order valence-corrected chi connectivity index (χ2v) is 6.69. The number of amides is 1. The number of pyridine rings is 1. The van der Waals surface area contributed by atoms with Gasteiger partial charge in [0.15, 0.2) is 0 Å². The van der Waals surface area contributed by atoms with Crippen LogP contribution in [-0.2, 0) is 14.8 Å². The number of carbonyl (C=O) groups excluding carboxylic acids is 1. The SMILES string of the molecule is CCOc1ccc(/C=C/C(=O)NS(=O)(=O)c2ccc(Cl)nc2)cc1. The van der Waals surface area contributed by atoms with E-state index in [-0.39, 0.29) is 10.0 Å². The molecule has 0 atom stereocenters. The van der Waals surface area contributed by atoms with Crippen molar-refractivity contribution in [1.82, 2.24) is 9.71 Å². The van der Waals surface area contributed by atoms with E-state index in [2.05, 4.69) is 4.98 Å². The van der Waals surface area contributed by atoms with Crippen molar-refractivity contribution in [2.24, 2.45) is 0 Å². The number of halogens is 1. The van der Waals surface area contributed by atoms with Crippen molar-refractivity contribution in [2.75, 3.05) is 6.61 Å². The molecule has 0 bridgehead atoms. The summed E-state index contributed by atoms with van der Waals surface area (Å²) in [4.78, 5) is 15.3. The van der Waals surface area contributed by atoms with Gasteiger partial charge in [0.1, 0.15) is 15.8 Å². The molecule has 2 rings (SSSR count). The standard InChI is InChI=1S/C16H15ClN2O4S/c1-2-23-13-6-3-12(4-7-13)5-10-16(20)19-24(21,22)14-8-9-15(17)18-11-14/h3-11H,2H2,1H3,(H,19,20)/b10-5+. The van der Waals surface area contributed by atoms with Gasteiger partial charge >= 0.3 is 0 Å². The number of aromatic nitrogens is 1. The molecule has 0 saturated heterocycles. The van der Waals surface area contributed by atoms with E-state index in [0.717, 1.165) is 23.6 Å². The van der Waals surface area contributed by atoms with Crippen molar-refractivity contribution < 1.29 is 17.9 Å². The summed E-state index contributed by atoms with van der Waals surface area (Å²) in [6.45, 7) is 2.45. The van der Waals surface area contributed by atoms with E-state index < -0.39 is 15.9 Å². The van der Waals surface area contributed by atoms with Crippen molar-refractivity contribution in [3.63, 3.8) is 0 Å². The predicted molar refractivity (Wildman–Crippen MR) is 91.2 cm³/mol. The van der Waals surface area contributed by atoms with Crippen LogP contribution in [0.3, 0.4) is 0 Å². The Morgan fingerprint density at radius 1 is 1.25 bits per heavy atom. The molecule has 0 radical (unpaired) electrons. The quantitative estimate of drug-likeness (QED) is 0.627. The van der Waals surface area contributed by atoms with Crippen molar-refractivity contribution in [2.45, 2.75) is 11.8 Å². The lowest BCUT2D eigenvalue weighted by molar-refractivity contribution is -0.114. The average Bonchev–Trinajstić information content (AvgIpc) is 2.54. The van der Waals surface area contributed by atoms with Crippen molar-refractivity contribution in [1.29, 1.82) is 0 Å². The number of nitrogens with one attached hydrogen (secondary N) is 1. The van der Waals surface area contributed by atoms with Crippen LogP contribution in [0.5, 0.6) is 5.75 Å². The zero-order chi connectivity index (χ0) is 17.6. The summed E-state index contributed by atoms with van der Waals surface area (Å²) in [6.07, 6.45) is 3.71. The lowest BCUT2D eigenvalue weighted by Crippen LogP contribution is -2.29. The lowest BCUT2D eigenvalue weighted by Gasteiger charge is -2.04. The molecular formula is C16H15ClN2O4S. The van der Waals surface area contributed by atoms with E-state index in [1.807, 2.05) is 11.6 Å². The molecule has 0 aliphatic heterocycles. The minimum Gasteiger partial charge on any atom is -0.494 e. The molecule has 0 aliphatic carbocycles. The highest BCUT2D eigenvalue weighted by Crippen LogP contribution is 2.13. The van der Waals surface area contributed by atoms with Gasteiger partial charge in [0, 0.05) is 12.3 Å². The van der Waals surface area contributed by atoms with Crippen molar-refractivity contribution in [3.8, 4) is 5.75 Å². The Balaban J connectivity index is 2.02. The van der Waals surface area contributed by atoms with Gasteiger partial charge in [-0.3, -0.25) is 4.79 Å². The number of ether oxygens (including phenoxy) is 1. The van der Waals surface area contributed by atoms with Gasteiger partial charge in [-0.2, -0.15) is 0 Å². The molecule has 1 heterocycles. The Hall–Kier alpha value is -2.38. The Morgan fingerprint density at radius 2 is 1.96 bits per heavy atom. The van der Waals surface area contributed by atoms with Crippen LogP contribution < -0.4 is 9.46 Å². The van der Waals surface area contributed by atoms with Crippen LogP contribution >= 0.6 is 11.6 Å². The molecule has 2 aromatic rings. The fourth-order valence-electron chi connectivity index (χ4n) is 1.76. The number of hydrogen-bond acceptors (Lipinski definition) is 5. The summed E-state index contributed by atoms with van der Waals surface area (Å²) in [5, 5.41) is 0.163. The van der Waals surface area contributed by atoms with Crippen molar-refractivity contribution >= 4 is 33.6 Å². The number of sulfonamides is 1. The monoisotopic (exact) mass is 366 g/mol. The minimum atomic E-state index is -3.99. The first-order valence-corrected chi connectivity index (χ1v) is 8.86. The van der Waals surface area contributed by atoms with Crippen LogP contribution in [0.1, 0.15) is 12.5 Å². The second-order valence-electron chi connectivity index (χ2n) is 4.62. The first-order chi connectivity index (χ1) is 11.4. The predicted octanol–water partition coefficient (Wildman–Crippen LogP) is 2.65. The molecule has 24 heavy (non-hydrogen) atoms. The Labute approximate surface area is 145 Å². The van der Waals surface area contributed by atoms with Gasteiger partial charge < -0.3 is 4.74 Å². The first kappa shape index (κ1) is 18.0. The van der Waals surface area contributed by atoms with Crippen LogP contribution in [0, 0.1) is 0 Å². The molecule has 0 aliphatic rings. The summed E-state index contributed by atoms with van der Waals surface area (Å²) < 4.78 is 31.3. The Kier molecular flexibility index (Phi) is 5.94. The minimum absolute atomic E-state index is 0.144. The summed E-state index contributed by atoms with van der Waals surface area (Å²) >= 11 is 5.60. The Bertz CT molecular complexity index is 831. The summed E-state index contributed by atoms with van der Waals surface area (Å²) in [6, 6.07) is 9.63. The second kappa shape index (κ2) is 7.94. The summed E-state index contributed by atoms with van der Waals surface area (Å²) in [7, 11) is -3.99. The molecule has 1 amide bonds. The molecule has 1 aromatic carbocycles. The smallest absolute Gasteiger partial charge is 0.265 e. The molecule has 126 valence electrons. The van der Waals surface area contributed by atoms with Crippen LogP contribution in [0.25, 0.3) is 6.08 Å². The third kappa shape index (κ3) is 5.07. The summed E-state index contributed by atoms with van der Waals surface area (Å²) in [5.74, 6) is -0.0456. The van der Waals surface area contributed by atoms with E-state index in [4.69, 9.17) is 16.3 Å². The molecule has 1 N–H and O–H groups in total. The lowest BCUT2D eigenvalue weighted by atomic mass is 10.2. The van der Waals surface area contributed by atoms with E-state index >= 15 is 0 Å². The zero-order valence-electron chi connectivity index (χ0n) is 12.8. The molecule has 1 aromatic heterocycles. The van der Waals surface area contributed by atoms with E-state index in [9.17, 15) is 13.2 Å². The number of benzene rings is 1. The van der Waals surface area contributed by atoms with E-state index in [1.54, 1.807) is 24.3 Å². The number of carbonyl (C=O) groups is 1. The molecule has 0 saturated carbocycles. The van der Waals surface area contributed by atoms with Crippen LogP contribution in [-0.4, -0.2) is 25.9 Å². The van der Waals surface area contributed by atoms with Crippen LogP contribution in [0.15, 0.2) is 53.6 Å². The molecule has 0 spiro atoms. The normalized spacial score (nSPS) is 11.4. The fourth-order valence-corrected chi connectivity index (χ4v) is 2.76. The summed E-state index contributed by atoms with van der Waals surface area (Å²) in [5.41, 5.74) is 0.735. The van der Waals surface area contributed by atoms with Gasteiger partial charge in [0.25, 0.3) is 15.9 Å². The molecular weight excluding hydrogens is 352 g/mol. The van der Waals surface area contributed by atoms with Gasteiger partial charge in [-0.05, 0) is 42.8 Å². The van der Waals surface area contributed by atoms with Gasteiger partial charge in [-0.15, -0.1) is 0 Å². The van der Waals surface area contributed by atoms with Gasteiger partial charge in [0.05, 0.1) is 6.61 Å².